The molecule has 0 atom stereocenters. The predicted molar refractivity (Wildman–Crippen MR) is 90.1 cm³/mol. The van der Waals surface area contributed by atoms with Gasteiger partial charge < -0.3 is 16.0 Å². The number of aryl methyl sites for hydroxylation is 1. The van der Waals surface area contributed by atoms with Gasteiger partial charge in [-0.2, -0.15) is 10.1 Å². The highest BCUT2D eigenvalue weighted by atomic mass is 19.2. The molecule has 0 unspecified atom stereocenters. The molecular formula is C16H15F2N7. The van der Waals surface area contributed by atoms with Crippen LogP contribution in [0.15, 0.2) is 36.8 Å². The van der Waals surface area contributed by atoms with E-state index < -0.39 is 11.6 Å². The van der Waals surface area contributed by atoms with Crippen molar-refractivity contribution in [1.82, 2.24) is 19.7 Å². The van der Waals surface area contributed by atoms with Crippen molar-refractivity contribution < 1.29 is 8.78 Å². The van der Waals surface area contributed by atoms with Crippen molar-refractivity contribution in [2.24, 2.45) is 7.05 Å². The second-order valence-electron chi connectivity index (χ2n) is 5.24. The summed E-state index contributed by atoms with van der Waals surface area (Å²) in [6.07, 6.45) is 5.91. The Labute approximate surface area is 142 Å². The van der Waals surface area contributed by atoms with Gasteiger partial charge in [0.2, 0.25) is 5.95 Å². The van der Waals surface area contributed by atoms with Gasteiger partial charge in [0.25, 0.3) is 0 Å². The van der Waals surface area contributed by atoms with Crippen LogP contribution in [0.25, 0.3) is 0 Å². The maximum absolute atomic E-state index is 13.7. The Bertz CT molecular complexity index is 907. The first-order valence-corrected chi connectivity index (χ1v) is 7.37. The van der Waals surface area contributed by atoms with E-state index in [1.165, 1.54) is 18.3 Å². The molecule has 3 N–H and O–H groups in total. The van der Waals surface area contributed by atoms with Gasteiger partial charge in [-0.05, 0) is 6.07 Å². The van der Waals surface area contributed by atoms with Crippen LogP contribution in [0.1, 0.15) is 11.1 Å². The summed E-state index contributed by atoms with van der Waals surface area (Å²) in [5.41, 5.74) is 1.29. The van der Waals surface area contributed by atoms with Gasteiger partial charge in [-0.1, -0.05) is 12.1 Å². The largest absolute Gasteiger partial charge is 0.365 e. The third kappa shape index (κ3) is 3.77. The third-order valence-electron chi connectivity index (χ3n) is 3.41. The maximum atomic E-state index is 13.7. The first-order chi connectivity index (χ1) is 12.1. The molecule has 3 aromatic rings. The van der Waals surface area contributed by atoms with E-state index >= 15 is 0 Å². The average molecular weight is 343 g/mol. The standard InChI is InChI=1S/C16H15F2N7/c1-25-9-12(8-22-25)23-16-21-7-11(5-19)15(24-16)20-6-10-3-2-4-13(17)14(10)18/h2-5,7-9,19H,6H2,1H3,(H2,20,21,23,24). The van der Waals surface area contributed by atoms with Crippen molar-refractivity contribution in [1.29, 1.82) is 5.41 Å². The van der Waals surface area contributed by atoms with Gasteiger partial charge in [-0.15, -0.1) is 0 Å². The smallest absolute Gasteiger partial charge is 0.229 e. The minimum absolute atomic E-state index is 0.0216. The van der Waals surface area contributed by atoms with Crippen molar-refractivity contribution in [3.8, 4) is 0 Å². The van der Waals surface area contributed by atoms with Crippen molar-refractivity contribution in [2.75, 3.05) is 10.6 Å². The fraction of sp³-hybridized carbons (Fsp3) is 0.125. The number of hydrogen-bond donors (Lipinski definition) is 3. The van der Waals surface area contributed by atoms with E-state index in [0.29, 0.717) is 23.0 Å². The summed E-state index contributed by atoms with van der Waals surface area (Å²) >= 11 is 0. The van der Waals surface area contributed by atoms with Crippen LogP contribution in [0.2, 0.25) is 0 Å². The molecule has 0 bridgehead atoms. The lowest BCUT2D eigenvalue weighted by atomic mass is 10.2. The molecule has 0 aliphatic carbocycles. The van der Waals surface area contributed by atoms with Gasteiger partial charge in [0.15, 0.2) is 11.6 Å². The van der Waals surface area contributed by atoms with Crippen LogP contribution in [0.4, 0.5) is 26.2 Å². The summed E-state index contributed by atoms with van der Waals surface area (Å²) in [5, 5.41) is 17.3. The van der Waals surface area contributed by atoms with E-state index in [-0.39, 0.29) is 12.1 Å². The number of benzene rings is 1. The van der Waals surface area contributed by atoms with Crippen LogP contribution < -0.4 is 10.6 Å². The summed E-state index contributed by atoms with van der Waals surface area (Å²) in [7, 11) is 1.78. The zero-order valence-corrected chi connectivity index (χ0v) is 13.3. The van der Waals surface area contributed by atoms with E-state index in [1.54, 1.807) is 24.1 Å². The fourth-order valence-corrected chi connectivity index (χ4v) is 2.18. The highest BCUT2D eigenvalue weighted by molar-refractivity contribution is 5.84. The van der Waals surface area contributed by atoms with Gasteiger partial charge in [-0.25, -0.2) is 13.8 Å². The second kappa shape index (κ2) is 7.04. The number of rotatable bonds is 6. The Balaban J connectivity index is 1.80. The van der Waals surface area contributed by atoms with Crippen molar-refractivity contribution in [3.63, 3.8) is 0 Å². The van der Waals surface area contributed by atoms with E-state index in [0.717, 1.165) is 12.3 Å². The highest BCUT2D eigenvalue weighted by Crippen LogP contribution is 2.18. The lowest BCUT2D eigenvalue weighted by Gasteiger charge is -2.11. The van der Waals surface area contributed by atoms with Gasteiger partial charge >= 0.3 is 0 Å². The lowest BCUT2D eigenvalue weighted by molar-refractivity contribution is 0.500. The first kappa shape index (κ1) is 16.5. The van der Waals surface area contributed by atoms with E-state index in [2.05, 4.69) is 25.7 Å². The summed E-state index contributed by atoms with van der Waals surface area (Å²) in [6, 6.07) is 3.97. The summed E-state index contributed by atoms with van der Waals surface area (Å²) in [5.74, 6) is -1.19. The van der Waals surface area contributed by atoms with Crippen molar-refractivity contribution in [2.45, 2.75) is 6.54 Å². The van der Waals surface area contributed by atoms with Crippen molar-refractivity contribution >= 4 is 23.7 Å². The van der Waals surface area contributed by atoms with Crippen LogP contribution in [0.3, 0.4) is 0 Å². The molecule has 0 aliphatic heterocycles. The zero-order valence-electron chi connectivity index (χ0n) is 13.3. The van der Waals surface area contributed by atoms with Crippen LogP contribution in [0.5, 0.6) is 0 Å². The number of aromatic nitrogens is 4. The molecule has 25 heavy (non-hydrogen) atoms. The second-order valence-corrected chi connectivity index (χ2v) is 5.24. The number of anilines is 3. The quantitative estimate of drug-likeness (QED) is 0.599. The van der Waals surface area contributed by atoms with Gasteiger partial charge in [0.05, 0.1) is 17.4 Å². The number of nitrogens with one attached hydrogen (secondary N) is 3. The maximum Gasteiger partial charge on any atom is 0.229 e. The Morgan fingerprint density at radius 3 is 2.84 bits per heavy atom. The van der Waals surface area contributed by atoms with E-state index in [1.807, 2.05) is 0 Å². The topological polar surface area (TPSA) is 91.5 Å². The Kier molecular flexibility index (Phi) is 4.64. The number of halogens is 2. The predicted octanol–water partition coefficient (Wildman–Crippen LogP) is 2.84. The van der Waals surface area contributed by atoms with E-state index in [4.69, 9.17) is 5.41 Å². The Morgan fingerprint density at radius 2 is 2.12 bits per heavy atom. The van der Waals surface area contributed by atoms with Crippen LogP contribution in [0, 0.1) is 17.0 Å². The molecule has 1 aromatic carbocycles. The Hall–Kier alpha value is -3.36. The fourth-order valence-electron chi connectivity index (χ4n) is 2.18. The SMILES string of the molecule is Cn1cc(Nc2ncc(C=N)c(NCc3cccc(F)c3F)n2)cn1. The molecule has 0 aliphatic rings. The Morgan fingerprint density at radius 1 is 1.28 bits per heavy atom. The summed E-state index contributed by atoms with van der Waals surface area (Å²) in [4.78, 5) is 8.39. The molecule has 0 fully saturated rings. The number of nitrogens with zero attached hydrogens (tertiary/aromatic N) is 4. The summed E-state index contributed by atoms with van der Waals surface area (Å²) in [6.45, 7) is 0.0216. The average Bonchev–Trinajstić information content (AvgIpc) is 3.01. The van der Waals surface area contributed by atoms with Gasteiger partial charge in [0.1, 0.15) is 5.82 Å². The minimum atomic E-state index is -0.909. The zero-order chi connectivity index (χ0) is 17.8. The van der Waals surface area contributed by atoms with Crippen LogP contribution in [-0.2, 0) is 13.6 Å². The van der Waals surface area contributed by atoms with Gasteiger partial charge in [-0.3, -0.25) is 4.68 Å². The molecule has 7 nitrogen and oxygen atoms in total. The molecule has 128 valence electrons. The molecule has 0 spiro atoms. The monoisotopic (exact) mass is 343 g/mol. The minimum Gasteiger partial charge on any atom is -0.365 e. The molecule has 2 heterocycles. The van der Waals surface area contributed by atoms with Gasteiger partial charge in [0, 0.05) is 37.8 Å². The summed E-state index contributed by atoms with van der Waals surface area (Å²) < 4.78 is 28.6. The molecule has 2 aromatic heterocycles. The third-order valence-corrected chi connectivity index (χ3v) is 3.41. The van der Waals surface area contributed by atoms with E-state index in [9.17, 15) is 8.78 Å². The van der Waals surface area contributed by atoms with Crippen molar-refractivity contribution in [3.05, 3.63) is 59.6 Å². The molecular weight excluding hydrogens is 328 g/mol. The van der Waals surface area contributed by atoms with Crippen LogP contribution >= 0.6 is 0 Å². The molecule has 3 rings (SSSR count). The molecule has 0 amide bonds. The van der Waals surface area contributed by atoms with Crippen LogP contribution in [-0.4, -0.2) is 26.0 Å². The molecule has 0 radical (unpaired) electrons. The number of hydrogen-bond acceptors (Lipinski definition) is 6. The normalized spacial score (nSPS) is 10.5. The highest BCUT2D eigenvalue weighted by Gasteiger charge is 2.10. The first-order valence-electron chi connectivity index (χ1n) is 7.37. The lowest BCUT2D eigenvalue weighted by Crippen LogP contribution is -2.09. The molecule has 0 saturated carbocycles. The molecule has 0 saturated heterocycles. The molecule has 9 heteroatoms.